The Labute approximate surface area is 93.6 Å². The molecule has 1 fully saturated rings. The minimum atomic E-state index is -0.654. The minimum Gasteiger partial charge on any atom is -0.375 e. The Kier molecular flexibility index (Phi) is 2.64. The Balaban J connectivity index is 2.12. The number of amides is 1. The van der Waals surface area contributed by atoms with E-state index in [1.54, 1.807) is 0 Å². The molecular formula is C12H13NO3. The lowest BCUT2D eigenvalue weighted by Crippen LogP contribution is -2.30. The van der Waals surface area contributed by atoms with Gasteiger partial charge in [0.25, 0.3) is 0 Å². The van der Waals surface area contributed by atoms with Crippen LogP contribution in [0.3, 0.4) is 0 Å². The first-order valence-electron chi connectivity index (χ1n) is 5.14. The van der Waals surface area contributed by atoms with E-state index in [-0.39, 0.29) is 0 Å². The number of rotatable bonds is 2. The van der Waals surface area contributed by atoms with Crippen molar-refractivity contribution in [2.75, 3.05) is 0 Å². The summed E-state index contributed by atoms with van der Waals surface area (Å²) in [4.78, 5) is 22.1. The summed E-state index contributed by atoms with van der Waals surface area (Å²) in [6, 6.07) is 5.44. The fourth-order valence-electron chi connectivity index (χ4n) is 1.69. The van der Waals surface area contributed by atoms with Gasteiger partial charge in [-0.3, -0.25) is 0 Å². The van der Waals surface area contributed by atoms with E-state index in [9.17, 15) is 9.59 Å². The summed E-state index contributed by atoms with van der Waals surface area (Å²) in [5.74, 6) is -0.497. The van der Waals surface area contributed by atoms with Gasteiger partial charge in [-0.25, -0.2) is 9.59 Å². The molecule has 1 heterocycles. The van der Waals surface area contributed by atoms with Crippen LogP contribution in [0.4, 0.5) is 4.79 Å². The lowest BCUT2D eigenvalue weighted by molar-refractivity contribution is -0.135. The number of hydrogen-bond donors (Lipinski definition) is 1. The monoisotopic (exact) mass is 219 g/mol. The van der Waals surface area contributed by atoms with Crippen LogP contribution in [0.25, 0.3) is 0 Å². The van der Waals surface area contributed by atoms with Gasteiger partial charge in [0, 0.05) is 6.42 Å². The molecule has 1 aromatic carbocycles. The van der Waals surface area contributed by atoms with Gasteiger partial charge in [0.05, 0.1) is 0 Å². The van der Waals surface area contributed by atoms with Gasteiger partial charge in [0.1, 0.15) is 6.04 Å². The zero-order chi connectivity index (χ0) is 11.7. The molecule has 1 N–H and O–H groups in total. The molecule has 4 nitrogen and oxygen atoms in total. The number of cyclic esters (lactones) is 2. The number of aryl methyl sites for hydroxylation is 2. The topological polar surface area (TPSA) is 55.4 Å². The molecule has 84 valence electrons. The average molecular weight is 219 g/mol. The van der Waals surface area contributed by atoms with Crippen LogP contribution in [-0.2, 0) is 16.0 Å². The second kappa shape index (κ2) is 3.96. The van der Waals surface area contributed by atoms with Gasteiger partial charge in [0.15, 0.2) is 0 Å². The van der Waals surface area contributed by atoms with Crippen LogP contribution in [0.5, 0.6) is 0 Å². The van der Waals surface area contributed by atoms with Crippen molar-refractivity contribution < 1.29 is 14.3 Å². The van der Waals surface area contributed by atoms with Crippen LogP contribution in [-0.4, -0.2) is 18.1 Å². The largest absolute Gasteiger partial charge is 0.415 e. The summed E-state index contributed by atoms with van der Waals surface area (Å²) in [7, 11) is 0. The summed E-state index contributed by atoms with van der Waals surface area (Å²) < 4.78 is 4.41. The quantitative estimate of drug-likeness (QED) is 0.605. The van der Waals surface area contributed by atoms with Gasteiger partial charge in [0.2, 0.25) is 0 Å². The van der Waals surface area contributed by atoms with Crippen LogP contribution in [0.15, 0.2) is 18.2 Å². The van der Waals surface area contributed by atoms with Gasteiger partial charge in [-0.1, -0.05) is 18.2 Å². The van der Waals surface area contributed by atoms with Crippen LogP contribution >= 0.6 is 0 Å². The fraction of sp³-hybridized carbons (Fsp3) is 0.333. The number of alkyl carbamates (subject to hydrolysis) is 1. The van der Waals surface area contributed by atoms with Crippen molar-refractivity contribution in [2.24, 2.45) is 0 Å². The van der Waals surface area contributed by atoms with Crippen molar-refractivity contribution in [2.45, 2.75) is 26.3 Å². The van der Waals surface area contributed by atoms with Crippen molar-refractivity contribution in [1.82, 2.24) is 5.32 Å². The Morgan fingerprint density at radius 3 is 2.56 bits per heavy atom. The van der Waals surface area contributed by atoms with Crippen molar-refractivity contribution >= 4 is 12.1 Å². The predicted octanol–water partition coefficient (Wildman–Crippen LogP) is 1.48. The van der Waals surface area contributed by atoms with Gasteiger partial charge < -0.3 is 10.1 Å². The zero-order valence-corrected chi connectivity index (χ0v) is 9.24. The first-order valence-corrected chi connectivity index (χ1v) is 5.14. The average Bonchev–Trinajstić information content (AvgIpc) is 2.51. The smallest absolute Gasteiger partial charge is 0.375 e. The SMILES string of the molecule is Cc1ccc(C[C@@H]2NC(=O)OC2=O)cc1C. The number of carbonyl (C=O) groups is 2. The molecule has 1 aliphatic rings. The Morgan fingerprint density at radius 2 is 2.00 bits per heavy atom. The fourth-order valence-corrected chi connectivity index (χ4v) is 1.69. The molecule has 0 spiro atoms. The maximum absolute atomic E-state index is 11.2. The molecule has 1 atom stereocenters. The molecule has 0 saturated carbocycles. The summed E-state index contributed by atoms with van der Waals surface area (Å²) in [6.07, 6.45) is -0.176. The number of ether oxygens (including phenoxy) is 1. The van der Waals surface area contributed by atoms with Gasteiger partial charge in [-0.05, 0) is 30.5 Å². The molecule has 16 heavy (non-hydrogen) atoms. The molecule has 0 aromatic heterocycles. The molecule has 2 rings (SSSR count). The van der Waals surface area contributed by atoms with Crippen molar-refractivity contribution in [3.8, 4) is 0 Å². The lowest BCUT2D eigenvalue weighted by Gasteiger charge is -2.07. The second-order valence-corrected chi connectivity index (χ2v) is 4.03. The van der Waals surface area contributed by atoms with Crippen molar-refractivity contribution in [1.29, 1.82) is 0 Å². The molecular weight excluding hydrogens is 206 g/mol. The highest BCUT2D eigenvalue weighted by molar-refractivity contribution is 5.95. The highest BCUT2D eigenvalue weighted by Gasteiger charge is 2.32. The van der Waals surface area contributed by atoms with E-state index in [1.807, 2.05) is 32.0 Å². The Morgan fingerprint density at radius 1 is 1.25 bits per heavy atom. The first kappa shape index (κ1) is 10.7. The summed E-state index contributed by atoms with van der Waals surface area (Å²) in [5.41, 5.74) is 3.41. The van der Waals surface area contributed by atoms with Crippen molar-refractivity contribution in [3.63, 3.8) is 0 Å². The normalized spacial score (nSPS) is 19.5. The zero-order valence-electron chi connectivity index (χ0n) is 9.24. The third-order valence-electron chi connectivity index (χ3n) is 2.78. The second-order valence-electron chi connectivity index (χ2n) is 4.03. The molecule has 0 radical (unpaired) electrons. The molecule has 1 saturated heterocycles. The number of benzene rings is 1. The standard InChI is InChI=1S/C12H13NO3/c1-7-3-4-9(5-8(7)2)6-10-11(14)16-12(15)13-10/h3-5,10H,6H2,1-2H3,(H,13,15)/t10-/m0/s1. The number of hydrogen-bond acceptors (Lipinski definition) is 3. The van der Waals surface area contributed by atoms with E-state index < -0.39 is 18.1 Å². The van der Waals surface area contributed by atoms with E-state index in [4.69, 9.17) is 0 Å². The molecule has 0 aliphatic carbocycles. The Hall–Kier alpha value is -1.84. The predicted molar refractivity (Wildman–Crippen MR) is 58.0 cm³/mol. The molecule has 1 aliphatic heterocycles. The molecule has 1 amide bonds. The summed E-state index contributed by atoms with van der Waals surface area (Å²) in [6.45, 7) is 4.05. The number of carbonyl (C=O) groups excluding carboxylic acids is 2. The maximum Gasteiger partial charge on any atom is 0.415 e. The van der Waals surface area contributed by atoms with Crippen LogP contribution in [0, 0.1) is 13.8 Å². The minimum absolute atomic E-state index is 0.478. The molecule has 1 aromatic rings. The number of nitrogens with one attached hydrogen (secondary N) is 1. The van der Waals surface area contributed by atoms with Crippen LogP contribution < -0.4 is 5.32 Å². The third-order valence-corrected chi connectivity index (χ3v) is 2.78. The van der Waals surface area contributed by atoms with E-state index in [0.29, 0.717) is 6.42 Å². The molecule has 4 heteroatoms. The summed E-state index contributed by atoms with van der Waals surface area (Å²) in [5, 5.41) is 2.48. The van der Waals surface area contributed by atoms with Gasteiger partial charge in [-0.2, -0.15) is 0 Å². The number of esters is 1. The Bertz CT molecular complexity index is 454. The van der Waals surface area contributed by atoms with E-state index >= 15 is 0 Å². The third kappa shape index (κ3) is 2.05. The van der Waals surface area contributed by atoms with E-state index in [0.717, 1.165) is 5.56 Å². The molecule has 0 unspecified atom stereocenters. The maximum atomic E-state index is 11.2. The lowest BCUT2D eigenvalue weighted by atomic mass is 10.0. The van der Waals surface area contributed by atoms with Crippen LogP contribution in [0.2, 0.25) is 0 Å². The summed E-state index contributed by atoms with van der Waals surface area (Å²) >= 11 is 0. The van der Waals surface area contributed by atoms with Gasteiger partial charge >= 0.3 is 12.1 Å². The van der Waals surface area contributed by atoms with Crippen LogP contribution in [0.1, 0.15) is 16.7 Å². The highest BCUT2D eigenvalue weighted by atomic mass is 16.6. The van der Waals surface area contributed by atoms with Gasteiger partial charge in [-0.15, -0.1) is 0 Å². The van der Waals surface area contributed by atoms with E-state index in [1.165, 1.54) is 11.1 Å². The van der Waals surface area contributed by atoms with E-state index in [2.05, 4.69) is 10.1 Å². The molecule has 0 bridgehead atoms. The van der Waals surface area contributed by atoms with Crippen molar-refractivity contribution in [3.05, 3.63) is 34.9 Å². The first-order chi connectivity index (χ1) is 7.56. The highest BCUT2D eigenvalue weighted by Crippen LogP contribution is 2.13.